The van der Waals surface area contributed by atoms with Crippen LogP contribution in [0.5, 0.6) is 0 Å². The highest BCUT2D eigenvalue weighted by molar-refractivity contribution is 5.86. The van der Waals surface area contributed by atoms with Crippen molar-refractivity contribution >= 4 is 12.0 Å². The highest BCUT2D eigenvalue weighted by Gasteiger charge is 2.24. The van der Waals surface area contributed by atoms with Crippen LogP contribution in [0.2, 0.25) is 0 Å². The molecule has 0 aliphatic carbocycles. The summed E-state index contributed by atoms with van der Waals surface area (Å²) in [5.41, 5.74) is 3.17. The minimum Gasteiger partial charge on any atom is -0.372 e. The molecule has 5 nitrogen and oxygen atoms in total. The van der Waals surface area contributed by atoms with Gasteiger partial charge in [0.2, 0.25) is 0 Å². The van der Waals surface area contributed by atoms with E-state index in [4.69, 9.17) is 4.74 Å². The molecule has 2 aromatic rings. The molecule has 3 rings (SSSR count). The van der Waals surface area contributed by atoms with E-state index in [-0.39, 0.29) is 12.2 Å². The Hall–Kier alpha value is -2.27. The first kappa shape index (κ1) is 14.7. The Morgan fingerprint density at radius 2 is 2.05 bits per heavy atom. The molecule has 0 spiro atoms. The van der Waals surface area contributed by atoms with Crippen molar-refractivity contribution in [3.8, 4) is 11.3 Å². The monoisotopic (exact) mass is 297 g/mol. The van der Waals surface area contributed by atoms with E-state index in [1.807, 2.05) is 32.0 Å². The predicted octanol–water partition coefficient (Wildman–Crippen LogP) is 2.57. The number of carbonyl (C=O) groups is 1. The van der Waals surface area contributed by atoms with Crippen LogP contribution in [0.3, 0.4) is 0 Å². The third-order valence-electron chi connectivity index (χ3n) is 3.76. The van der Waals surface area contributed by atoms with Gasteiger partial charge in [-0.3, -0.25) is 14.8 Å². The van der Waals surface area contributed by atoms with Gasteiger partial charge in [0.05, 0.1) is 29.8 Å². The molecule has 22 heavy (non-hydrogen) atoms. The lowest BCUT2D eigenvalue weighted by molar-refractivity contribution is -0.00527. The van der Waals surface area contributed by atoms with E-state index in [0.29, 0.717) is 5.56 Å². The highest BCUT2D eigenvalue weighted by atomic mass is 16.5. The van der Waals surface area contributed by atoms with Gasteiger partial charge in [-0.2, -0.15) is 0 Å². The number of hydrogen-bond acceptors (Lipinski definition) is 5. The summed E-state index contributed by atoms with van der Waals surface area (Å²) >= 11 is 0. The van der Waals surface area contributed by atoms with Gasteiger partial charge < -0.3 is 9.64 Å². The van der Waals surface area contributed by atoms with E-state index >= 15 is 0 Å². The molecule has 5 heteroatoms. The first-order valence-electron chi connectivity index (χ1n) is 7.43. The maximum Gasteiger partial charge on any atom is 0.152 e. The quantitative estimate of drug-likeness (QED) is 0.815. The SMILES string of the molecule is C[C@@H]1CN(c2cnc(-c3cccnc3)cc2C=O)C[C@H](C)O1. The average Bonchev–Trinajstić information content (AvgIpc) is 2.54. The number of ether oxygens (including phenoxy) is 1. The van der Waals surface area contributed by atoms with Crippen LogP contribution in [-0.2, 0) is 4.74 Å². The third-order valence-corrected chi connectivity index (χ3v) is 3.76. The lowest BCUT2D eigenvalue weighted by Crippen LogP contribution is -2.45. The molecule has 0 saturated carbocycles. The zero-order valence-corrected chi connectivity index (χ0v) is 12.8. The summed E-state index contributed by atoms with van der Waals surface area (Å²) in [7, 11) is 0. The van der Waals surface area contributed by atoms with Crippen LogP contribution in [0.1, 0.15) is 24.2 Å². The van der Waals surface area contributed by atoms with Crippen molar-refractivity contribution in [2.75, 3.05) is 18.0 Å². The number of rotatable bonds is 3. The maximum atomic E-state index is 11.5. The second-order valence-electron chi connectivity index (χ2n) is 5.65. The Morgan fingerprint density at radius 1 is 1.27 bits per heavy atom. The van der Waals surface area contributed by atoms with Crippen LogP contribution in [-0.4, -0.2) is 41.6 Å². The molecule has 3 heterocycles. The lowest BCUT2D eigenvalue weighted by Gasteiger charge is -2.37. The predicted molar refractivity (Wildman–Crippen MR) is 85.1 cm³/mol. The van der Waals surface area contributed by atoms with Gasteiger partial charge in [0.15, 0.2) is 6.29 Å². The topological polar surface area (TPSA) is 55.3 Å². The Balaban J connectivity index is 1.94. The van der Waals surface area contributed by atoms with Crippen molar-refractivity contribution < 1.29 is 9.53 Å². The Kier molecular flexibility index (Phi) is 4.15. The van der Waals surface area contributed by atoms with E-state index in [2.05, 4.69) is 14.9 Å². The summed E-state index contributed by atoms with van der Waals surface area (Å²) in [6.07, 6.45) is 6.41. The van der Waals surface area contributed by atoms with Crippen molar-refractivity contribution in [1.29, 1.82) is 0 Å². The van der Waals surface area contributed by atoms with Crippen molar-refractivity contribution in [2.24, 2.45) is 0 Å². The fraction of sp³-hybridized carbons (Fsp3) is 0.353. The number of hydrogen-bond donors (Lipinski definition) is 0. The second-order valence-corrected chi connectivity index (χ2v) is 5.65. The molecule has 0 N–H and O–H groups in total. The van der Waals surface area contributed by atoms with Crippen molar-refractivity contribution in [3.05, 3.63) is 42.4 Å². The number of anilines is 1. The van der Waals surface area contributed by atoms with Gasteiger partial charge in [-0.1, -0.05) is 0 Å². The molecule has 1 aliphatic rings. The van der Waals surface area contributed by atoms with Crippen LogP contribution in [0.4, 0.5) is 5.69 Å². The molecule has 1 saturated heterocycles. The first-order chi connectivity index (χ1) is 10.7. The van der Waals surface area contributed by atoms with E-state index in [0.717, 1.165) is 36.3 Å². The number of nitrogens with zero attached hydrogens (tertiary/aromatic N) is 3. The molecule has 0 unspecified atom stereocenters. The Morgan fingerprint density at radius 3 is 2.68 bits per heavy atom. The van der Waals surface area contributed by atoms with Crippen LogP contribution in [0.25, 0.3) is 11.3 Å². The number of aldehydes is 1. The molecular weight excluding hydrogens is 278 g/mol. The van der Waals surface area contributed by atoms with Gasteiger partial charge in [-0.15, -0.1) is 0 Å². The van der Waals surface area contributed by atoms with E-state index < -0.39 is 0 Å². The molecule has 0 radical (unpaired) electrons. The van der Waals surface area contributed by atoms with Crippen molar-refractivity contribution in [2.45, 2.75) is 26.1 Å². The third kappa shape index (κ3) is 2.99. The lowest BCUT2D eigenvalue weighted by atomic mass is 10.1. The maximum absolute atomic E-state index is 11.5. The normalized spacial score (nSPS) is 21.6. The van der Waals surface area contributed by atoms with Crippen LogP contribution < -0.4 is 4.90 Å². The zero-order chi connectivity index (χ0) is 15.5. The molecule has 2 atom stereocenters. The molecule has 114 valence electrons. The van der Waals surface area contributed by atoms with Crippen molar-refractivity contribution in [3.63, 3.8) is 0 Å². The largest absolute Gasteiger partial charge is 0.372 e. The number of morpholine rings is 1. The van der Waals surface area contributed by atoms with E-state index in [1.165, 1.54) is 0 Å². The summed E-state index contributed by atoms with van der Waals surface area (Å²) in [6.45, 7) is 5.61. The molecule has 0 aromatic carbocycles. The fourth-order valence-electron chi connectivity index (χ4n) is 2.87. The summed E-state index contributed by atoms with van der Waals surface area (Å²) < 4.78 is 5.75. The van der Waals surface area contributed by atoms with Gasteiger partial charge in [0, 0.05) is 36.6 Å². The van der Waals surface area contributed by atoms with Gasteiger partial charge >= 0.3 is 0 Å². The average molecular weight is 297 g/mol. The van der Waals surface area contributed by atoms with Crippen LogP contribution in [0.15, 0.2) is 36.8 Å². The summed E-state index contributed by atoms with van der Waals surface area (Å²) in [5, 5.41) is 0. The molecule has 0 bridgehead atoms. The number of carbonyl (C=O) groups excluding carboxylic acids is 1. The van der Waals surface area contributed by atoms with Gasteiger partial charge in [0.25, 0.3) is 0 Å². The Bertz CT molecular complexity index is 650. The molecule has 1 aliphatic heterocycles. The van der Waals surface area contributed by atoms with Gasteiger partial charge in [0.1, 0.15) is 0 Å². The number of pyridine rings is 2. The first-order valence-corrected chi connectivity index (χ1v) is 7.43. The van der Waals surface area contributed by atoms with Crippen LogP contribution in [0, 0.1) is 0 Å². The molecule has 0 amide bonds. The van der Waals surface area contributed by atoms with Crippen molar-refractivity contribution in [1.82, 2.24) is 9.97 Å². The fourth-order valence-corrected chi connectivity index (χ4v) is 2.87. The second kappa shape index (κ2) is 6.23. The smallest absolute Gasteiger partial charge is 0.152 e. The number of aromatic nitrogens is 2. The molecule has 1 fully saturated rings. The van der Waals surface area contributed by atoms with Crippen LogP contribution >= 0.6 is 0 Å². The standard InChI is InChI=1S/C17H19N3O2/c1-12-9-20(10-13(2)22-12)17-8-19-16(6-15(17)11-21)14-4-3-5-18-7-14/h3-8,11-13H,9-10H2,1-2H3/t12-,13+. The van der Waals surface area contributed by atoms with Gasteiger partial charge in [-0.25, -0.2) is 0 Å². The van der Waals surface area contributed by atoms with Gasteiger partial charge in [-0.05, 0) is 32.0 Å². The minimum absolute atomic E-state index is 0.140. The minimum atomic E-state index is 0.140. The summed E-state index contributed by atoms with van der Waals surface area (Å²) in [4.78, 5) is 22.3. The zero-order valence-electron chi connectivity index (χ0n) is 12.8. The molecule has 2 aromatic heterocycles. The van der Waals surface area contributed by atoms with E-state index in [1.54, 1.807) is 18.6 Å². The summed E-state index contributed by atoms with van der Waals surface area (Å²) in [6, 6.07) is 5.61. The molecular formula is C17H19N3O2. The van der Waals surface area contributed by atoms with E-state index in [9.17, 15) is 4.79 Å². The highest BCUT2D eigenvalue weighted by Crippen LogP contribution is 2.26. The summed E-state index contributed by atoms with van der Waals surface area (Å²) in [5.74, 6) is 0. The Labute approximate surface area is 130 Å².